The van der Waals surface area contributed by atoms with E-state index in [1.807, 2.05) is 24.3 Å². The predicted molar refractivity (Wildman–Crippen MR) is 111 cm³/mol. The Morgan fingerprint density at radius 3 is 2.79 bits per heavy atom. The Morgan fingerprint density at radius 1 is 1.17 bits per heavy atom. The number of carbonyl (C=O) groups excluding carboxylic acids is 1. The Bertz CT molecular complexity index is 1100. The van der Waals surface area contributed by atoms with E-state index in [-0.39, 0.29) is 12.5 Å². The summed E-state index contributed by atoms with van der Waals surface area (Å²) in [4.78, 5) is 20.9. The third kappa shape index (κ3) is 4.98. The predicted octanol–water partition coefficient (Wildman–Crippen LogP) is 4.27. The van der Waals surface area contributed by atoms with Crippen LogP contribution in [0.4, 0.5) is 5.69 Å². The lowest BCUT2D eigenvalue weighted by molar-refractivity contribution is 0.102. The second-order valence-corrected chi connectivity index (χ2v) is 7.45. The summed E-state index contributed by atoms with van der Waals surface area (Å²) in [5.74, 6) is 0.419. The molecule has 0 radical (unpaired) electrons. The summed E-state index contributed by atoms with van der Waals surface area (Å²) in [5, 5.41) is 10.1. The van der Waals surface area contributed by atoms with Crippen molar-refractivity contribution in [1.82, 2.24) is 19.7 Å². The first-order valence-electron chi connectivity index (χ1n) is 8.72. The van der Waals surface area contributed by atoms with Crippen LogP contribution in [0.15, 0.2) is 66.6 Å². The monoisotopic (exact) mass is 425 g/mol. The molecule has 0 atom stereocenters. The van der Waals surface area contributed by atoms with Crippen LogP contribution < -0.4 is 10.1 Å². The van der Waals surface area contributed by atoms with Crippen molar-refractivity contribution >= 4 is 34.5 Å². The maximum Gasteiger partial charge on any atom is 0.275 e. The van der Waals surface area contributed by atoms with E-state index >= 15 is 0 Å². The molecule has 0 unspecified atom stereocenters. The van der Waals surface area contributed by atoms with E-state index in [4.69, 9.17) is 16.3 Å². The first-order chi connectivity index (χ1) is 14.2. The van der Waals surface area contributed by atoms with Crippen LogP contribution in [0.1, 0.15) is 21.1 Å². The van der Waals surface area contributed by atoms with Crippen molar-refractivity contribution in [2.45, 2.75) is 13.2 Å². The number of thiazole rings is 1. The Kier molecular flexibility index (Phi) is 5.83. The Labute approximate surface area is 176 Å². The number of rotatable bonds is 7. The molecule has 29 heavy (non-hydrogen) atoms. The molecule has 2 aromatic carbocycles. The van der Waals surface area contributed by atoms with Gasteiger partial charge in [0.15, 0.2) is 0 Å². The number of hydrogen-bond donors (Lipinski definition) is 1. The Morgan fingerprint density at radius 2 is 2.00 bits per heavy atom. The highest BCUT2D eigenvalue weighted by Crippen LogP contribution is 2.20. The average Bonchev–Trinajstić information content (AvgIpc) is 3.41. The summed E-state index contributed by atoms with van der Waals surface area (Å²) >= 11 is 7.24. The number of nitrogens with one attached hydrogen (secondary N) is 1. The molecule has 2 aromatic heterocycles. The lowest BCUT2D eigenvalue weighted by Gasteiger charge is -2.10. The summed E-state index contributed by atoms with van der Waals surface area (Å²) in [7, 11) is 0. The molecule has 146 valence electrons. The average molecular weight is 426 g/mol. The number of aromatic nitrogens is 4. The number of ether oxygens (including phenoxy) is 1. The van der Waals surface area contributed by atoms with E-state index in [0.717, 1.165) is 5.56 Å². The van der Waals surface area contributed by atoms with Crippen LogP contribution in [-0.2, 0) is 13.2 Å². The van der Waals surface area contributed by atoms with E-state index in [2.05, 4.69) is 20.4 Å². The van der Waals surface area contributed by atoms with Gasteiger partial charge in [0, 0.05) is 16.1 Å². The molecule has 0 bridgehead atoms. The van der Waals surface area contributed by atoms with Gasteiger partial charge in [0.25, 0.3) is 5.91 Å². The molecule has 0 saturated carbocycles. The van der Waals surface area contributed by atoms with Crippen molar-refractivity contribution < 1.29 is 9.53 Å². The van der Waals surface area contributed by atoms with Gasteiger partial charge in [-0.2, -0.15) is 5.10 Å². The van der Waals surface area contributed by atoms with Gasteiger partial charge in [-0.15, -0.1) is 11.3 Å². The standard InChI is InChI=1S/C20H16ClN5O2S/c21-15-5-7-16(8-6-15)28-10-19-24-18(11-29-19)20(27)25-17-4-2-1-3-14(17)9-26-13-22-12-23-26/h1-8,11-13H,9-10H2,(H,25,27). The second-order valence-electron chi connectivity index (χ2n) is 6.07. The summed E-state index contributed by atoms with van der Waals surface area (Å²) in [5.41, 5.74) is 1.98. The van der Waals surface area contributed by atoms with Gasteiger partial charge in [-0.3, -0.25) is 4.79 Å². The zero-order valence-electron chi connectivity index (χ0n) is 15.2. The van der Waals surface area contributed by atoms with Gasteiger partial charge >= 0.3 is 0 Å². The molecular formula is C20H16ClN5O2S. The largest absolute Gasteiger partial charge is 0.486 e. The molecule has 1 N–H and O–H groups in total. The molecule has 0 fully saturated rings. The molecular weight excluding hydrogens is 410 g/mol. The highest BCUT2D eigenvalue weighted by Gasteiger charge is 2.13. The number of benzene rings is 2. The van der Waals surface area contributed by atoms with Gasteiger partial charge < -0.3 is 10.1 Å². The fraction of sp³-hybridized carbons (Fsp3) is 0.100. The van der Waals surface area contributed by atoms with Gasteiger partial charge in [-0.1, -0.05) is 29.8 Å². The van der Waals surface area contributed by atoms with Gasteiger partial charge in [0.2, 0.25) is 0 Å². The van der Waals surface area contributed by atoms with Crippen molar-refractivity contribution in [3.05, 3.63) is 87.9 Å². The maximum atomic E-state index is 12.6. The topological polar surface area (TPSA) is 81.9 Å². The number of amides is 1. The van der Waals surface area contributed by atoms with Gasteiger partial charge in [0.1, 0.15) is 35.7 Å². The molecule has 2 heterocycles. The Balaban J connectivity index is 1.40. The molecule has 9 heteroatoms. The van der Waals surface area contributed by atoms with E-state index in [0.29, 0.717) is 33.7 Å². The zero-order valence-corrected chi connectivity index (χ0v) is 16.7. The van der Waals surface area contributed by atoms with Crippen molar-refractivity contribution in [1.29, 1.82) is 0 Å². The van der Waals surface area contributed by atoms with E-state index in [9.17, 15) is 4.79 Å². The molecule has 4 aromatic rings. The quantitative estimate of drug-likeness (QED) is 0.478. The number of halogens is 1. The zero-order chi connectivity index (χ0) is 20.1. The van der Waals surface area contributed by atoms with Crippen molar-refractivity contribution in [2.75, 3.05) is 5.32 Å². The van der Waals surface area contributed by atoms with E-state index < -0.39 is 0 Å². The number of nitrogens with zero attached hydrogens (tertiary/aromatic N) is 4. The Hall–Kier alpha value is -3.23. The normalized spacial score (nSPS) is 10.7. The van der Waals surface area contributed by atoms with Crippen molar-refractivity contribution in [3.8, 4) is 5.75 Å². The number of anilines is 1. The molecule has 7 nitrogen and oxygen atoms in total. The minimum atomic E-state index is -0.273. The molecule has 0 aliphatic rings. The molecule has 0 aliphatic carbocycles. The lowest BCUT2D eigenvalue weighted by Crippen LogP contribution is -2.15. The van der Waals surface area contributed by atoms with Crippen LogP contribution in [0.2, 0.25) is 5.02 Å². The number of carbonyl (C=O) groups is 1. The fourth-order valence-electron chi connectivity index (χ4n) is 2.61. The maximum absolute atomic E-state index is 12.6. The first-order valence-corrected chi connectivity index (χ1v) is 9.97. The van der Waals surface area contributed by atoms with Crippen molar-refractivity contribution in [2.24, 2.45) is 0 Å². The van der Waals surface area contributed by atoms with Crippen LogP contribution >= 0.6 is 22.9 Å². The van der Waals surface area contributed by atoms with Crippen LogP contribution in [0, 0.1) is 0 Å². The smallest absolute Gasteiger partial charge is 0.275 e. The molecule has 0 aliphatic heterocycles. The highest BCUT2D eigenvalue weighted by atomic mass is 35.5. The third-order valence-electron chi connectivity index (χ3n) is 4.02. The highest BCUT2D eigenvalue weighted by molar-refractivity contribution is 7.09. The molecule has 0 saturated heterocycles. The summed E-state index contributed by atoms with van der Waals surface area (Å²) in [6.07, 6.45) is 3.11. The summed E-state index contributed by atoms with van der Waals surface area (Å²) < 4.78 is 7.37. The number of para-hydroxylation sites is 1. The first kappa shape index (κ1) is 19.1. The minimum Gasteiger partial charge on any atom is -0.486 e. The molecule has 0 spiro atoms. The third-order valence-corrected chi connectivity index (χ3v) is 5.10. The minimum absolute atomic E-state index is 0.273. The van der Waals surface area contributed by atoms with Crippen LogP contribution in [0.5, 0.6) is 5.75 Å². The lowest BCUT2D eigenvalue weighted by atomic mass is 10.1. The van der Waals surface area contributed by atoms with E-state index in [1.165, 1.54) is 17.7 Å². The fourth-order valence-corrected chi connectivity index (χ4v) is 3.42. The van der Waals surface area contributed by atoms with Crippen LogP contribution in [0.25, 0.3) is 0 Å². The summed E-state index contributed by atoms with van der Waals surface area (Å²) in [6, 6.07) is 14.7. The number of hydrogen-bond acceptors (Lipinski definition) is 6. The SMILES string of the molecule is O=C(Nc1ccccc1Cn1cncn1)c1csc(COc2ccc(Cl)cc2)n1. The van der Waals surface area contributed by atoms with Crippen LogP contribution in [0.3, 0.4) is 0 Å². The molecule has 1 amide bonds. The van der Waals surface area contributed by atoms with E-state index in [1.54, 1.807) is 40.7 Å². The van der Waals surface area contributed by atoms with Gasteiger partial charge in [0.05, 0.1) is 6.54 Å². The van der Waals surface area contributed by atoms with Gasteiger partial charge in [-0.05, 0) is 35.9 Å². The summed E-state index contributed by atoms with van der Waals surface area (Å²) in [6.45, 7) is 0.788. The second kappa shape index (κ2) is 8.85. The van der Waals surface area contributed by atoms with Crippen LogP contribution in [-0.4, -0.2) is 25.7 Å². The van der Waals surface area contributed by atoms with Gasteiger partial charge in [-0.25, -0.2) is 14.6 Å². The van der Waals surface area contributed by atoms with Crippen molar-refractivity contribution in [3.63, 3.8) is 0 Å². The molecule has 4 rings (SSSR count).